The van der Waals surface area contributed by atoms with Crippen LogP contribution in [-0.2, 0) is 4.74 Å². The van der Waals surface area contributed by atoms with Gasteiger partial charge in [0.25, 0.3) is 0 Å². The number of hydrogen-bond donors (Lipinski definition) is 2. The summed E-state index contributed by atoms with van der Waals surface area (Å²) < 4.78 is 8.56. The summed E-state index contributed by atoms with van der Waals surface area (Å²) in [6.07, 6.45) is 8.11. The highest BCUT2D eigenvalue weighted by Crippen LogP contribution is 2.39. The Morgan fingerprint density at radius 1 is 1.36 bits per heavy atom. The number of nitrogen functional groups attached to an aromatic ring is 1. The number of nitrogens with two attached hydrogens (primary N) is 2. The second kappa shape index (κ2) is 6.97. The van der Waals surface area contributed by atoms with E-state index in [4.69, 9.17) is 16.2 Å². The van der Waals surface area contributed by atoms with Gasteiger partial charge >= 0.3 is 6.09 Å². The van der Waals surface area contributed by atoms with Crippen LogP contribution in [0.25, 0.3) is 11.0 Å². The number of fused-ring (bicyclic) bond motifs is 1. The summed E-state index contributed by atoms with van der Waals surface area (Å²) in [5.41, 5.74) is 11.6. The quantitative estimate of drug-likeness (QED) is 0.682. The van der Waals surface area contributed by atoms with Gasteiger partial charge in [-0.05, 0) is 74.5 Å². The molecule has 1 saturated carbocycles. The van der Waals surface area contributed by atoms with Crippen molar-refractivity contribution in [3.05, 3.63) is 16.1 Å². The Bertz CT molecular complexity index is 781. The van der Waals surface area contributed by atoms with Gasteiger partial charge in [0.05, 0.1) is 5.39 Å². The lowest BCUT2D eigenvalue weighted by Crippen LogP contribution is -2.34. The van der Waals surface area contributed by atoms with E-state index in [-0.39, 0.29) is 0 Å². The van der Waals surface area contributed by atoms with Crippen LogP contribution in [0, 0.1) is 9.49 Å². The van der Waals surface area contributed by atoms with Crippen LogP contribution in [0.15, 0.2) is 12.5 Å². The van der Waals surface area contributed by atoms with E-state index in [2.05, 4.69) is 43.3 Å². The Labute approximate surface area is 160 Å². The molecular weight excluding hydrogens is 433 g/mol. The number of amides is 1. The molecule has 2 heterocycles. The third kappa shape index (κ3) is 3.99. The Balaban J connectivity index is 1.69. The van der Waals surface area contributed by atoms with Crippen molar-refractivity contribution < 1.29 is 9.53 Å². The van der Waals surface area contributed by atoms with Crippen molar-refractivity contribution >= 4 is 45.5 Å². The average Bonchev–Trinajstić information content (AvgIpc) is 2.85. The first-order valence-electron chi connectivity index (χ1n) is 8.52. The number of nitrogens with zero attached hydrogens (tertiary/aromatic N) is 3. The number of carbonyl (C=O) groups excluding carboxylic acids is 1. The first-order chi connectivity index (χ1) is 11.8. The molecule has 4 N–H and O–H groups in total. The van der Waals surface area contributed by atoms with Crippen molar-refractivity contribution in [1.82, 2.24) is 14.5 Å². The molecule has 0 aromatic carbocycles. The Hall–Kier alpha value is -1.58. The normalized spacial score (nSPS) is 21.4. The molecule has 0 radical (unpaired) electrons. The molecule has 0 atom stereocenters. The summed E-state index contributed by atoms with van der Waals surface area (Å²) in [7, 11) is 0. The van der Waals surface area contributed by atoms with Crippen LogP contribution in [-0.4, -0.2) is 26.2 Å². The number of anilines is 1. The Morgan fingerprint density at radius 2 is 2.04 bits per heavy atom. The van der Waals surface area contributed by atoms with E-state index in [1.807, 2.05) is 13.8 Å². The van der Waals surface area contributed by atoms with E-state index in [1.165, 1.54) is 6.33 Å². The second-order valence-corrected chi connectivity index (χ2v) is 8.56. The first kappa shape index (κ1) is 18.2. The van der Waals surface area contributed by atoms with Crippen molar-refractivity contribution in [2.24, 2.45) is 11.7 Å². The molecule has 0 unspecified atom stereocenters. The van der Waals surface area contributed by atoms with Crippen molar-refractivity contribution in [2.75, 3.05) is 5.73 Å². The SMILES string of the molecule is CC(C)(CC1CCC(n2cc(I)c3c(N)ncnc32)CC1)OC(N)=O. The smallest absolute Gasteiger partial charge is 0.405 e. The zero-order chi connectivity index (χ0) is 18.2. The van der Waals surface area contributed by atoms with Crippen LogP contribution >= 0.6 is 22.6 Å². The molecule has 2 aromatic rings. The Kier molecular flexibility index (Phi) is 5.08. The van der Waals surface area contributed by atoms with Gasteiger partial charge in [0.15, 0.2) is 0 Å². The van der Waals surface area contributed by atoms with Gasteiger partial charge in [-0.2, -0.15) is 0 Å². The molecule has 1 aliphatic rings. The van der Waals surface area contributed by atoms with Crippen molar-refractivity contribution in [1.29, 1.82) is 0 Å². The van der Waals surface area contributed by atoms with Crippen LogP contribution in [0.3, 0.4) is 0 Å². The van der Waals surface area contributed by atoms with E-state index in [0.29, 0.717) is 17.8 Å². The van der Waals surface area contributed by atoms with E-state index in [1.54, 1.807) is 0 Å². The Morgan fingerprint density at radius 3 is 2.68 bits per heavy atom. The second-order valence-electron chi connectivity index (χ2n) is 7.40. The molecule has 3 rings (SSSR count). The van der Waals surface area contributed by atoms with Gasteiger partial charge in [-0.15, -0.1) is 0 Å². The van der Waals surface area contributed by atoms with Crippen LogP contribution in [0.2, 0.25) is 0 Å². The third-order valence-corrected chi connectivity index (χ3v) is 5.78. The lowest BCUT2D eigenvalue weighted by molar-refractivity contribution is 0.0201. The molecule has 0 spiro atoms. The van der Waals surface area contributed by atoms with Gasteiger partial charge in [0.1, 0.15) is 23.4 Å². The average molecular weight is 457 g/mol. The molecule has 1 fully saturated rings. The van der Waals surface area contributed by atoms with E-state index >= 15 is 0 Å². The van der Waals surface area contributed by atoms with E-state index in [0.717, 1.165) is 46.7 Å². The number of rotatable bonds is 4. The summed E-state index contributed by atoms with van der Waals surface area (Å²) in [5, 5.41) is 0.946. The number of carbonyl (C=O) groups is 1. The zero-order valence-corrected chi connectivity index (χ0v) is 16.7. The maximum absolute atomic E-state index is 11.0. The first-order valence-corrected chi connectivity index (χ1v) is 9.59. The molecule has 0 saturated heterocycles. The highest BCUT2D eigenvalue weighted by Gasteiger charge is 2.31. The molecule has 0 aliphatic heterocycles. The summed E-state index contributed by atoms with van der Waals surface area (Å²) in [4.78, 5) is 19.6. The summed E-state index contributed by atoms with van der Waals surface area (Å²) in [5.74, 6) is 1.07. The molecule has 8 heteroatoms. The van der Waals surface area contributed by atoms with Gasteiger partial charge < -0.3 is 20.8 Å². The fourth-order valence-corrected chi connectivity index (χ4v) is 4.79. The predicted molar refractivity (Wildman–Crippen MR) is 105 cm³/mol. The van der Waals surface area contributed by atoms with Crippen LogP contribution in [0.4, 0.5) is 10.6 Å². The lowest BCUT2D eigenvalue weighted by atomic mass is 9.80. The molecule has 2 aromatic heterocycles. The molecular formula is C17H24IN5O2. The van der Waals surface area contributed by atoms with Crippen LogP contribution in [0.5, 0.6) is 0 Å². The molecule has 136 valence electrons. The number of aromatic nitrogens is 3. The van der Waals surface area contributed by atoms with Gasteiger partial charge in [-0.25, -0.2) is 14.8 Å². The van der Waals surface area contributed by atoms with Crippen molar-refractivity contribution in [3.8, 4) is 0 Å². The summed E-state index contributed by atoms with van der Waals surface area (Å²) in [6, 6.07) is 0.414. The maximum atomic E-state index is 11.0. The topological polar surface area (TPSA) is 109 Å². The fraction of sp³-hybridized carbons (Fsp3) is 0.588. The minimum atomic E-state index is -0.704. The monoisotopic (exact) mass is 457 g/mol. The molecule has 7 nitrogen and oxygen atoms in total. The molecule has 1 amide bonds. The largest absolute Gasteiger partial charge is 0.444 e. The molecule has 1 aliphatic carbocycles. The molecule has 25 heavy (non-hydrogen) atoms. The van der Waals surface area contributed by atoms with Gasteiger partial charge in [-0.3, -0.25) is 0 Å². The fourth-order valence-electron chi connectivity index (χ4n) is 3.98. The van der Waals surface area contributed by atoms with Gasteiger partial charge in [0.2, 0.25) is 0 Å². The van der Waals surface area contributed by atoms with E-state index < -0.39 is 11.7 Å². The minimum absolute atomic E-state index is 0.414. The molecule has 0 bridgehead atoms. The number of ether oxygens (including phenoxy) is 1. The van der Waals surface area contributed by atoms with E-state index in [9.17, 15) is 4.79 Å². The zero-order valence-electron chi connectivity index (χ0n) is 14.5. The lowest BCUT2D eigenvalue weighted by Gasteiger charge is -2.34. The summed E-state index contributed by atoms with van der Waals surface area (Å²) >= 11 is 2.29. The van der Waals surface area contributed by atoms with Crippen molar-refractivity contribution in [3.63, 3.8) is 0 Å². The van der Waals surface area contributed by atoms with Crippen LogP contribution < -0.4 is 11.5 Å². The van der Waals surface area contributed by atoms with Crippen LogP contribution in [0.1, 0.15) is 52.0 Å². The standard InChI is InChI=1S/C17H24IN5O2/c1-17(2,25-16(20)24)7-10-3-5-11(6-4-10)23-8-12(18)13-14(19)21-9-22-15(13)23/h8-11H,3-7H2,1-2H3,(H2,20,24)(H2,19,21,22). The third-order valence-electron chi connectivity index (χ3n) is 4.96. The highest BCUT2D eigenvalue weighted by molar-refractivity contribution is 14.1. The van der Waals surface area contributed by atoms with Gasteiger partial charge in [-0.1, -0.05) is 0 Å². The minimum Gasteiger partial charge on any atom is -0.444 e. The maximum Gasteiger partial charge on any atom is 0.405 e. The number of hydrogen-bond acceptors (Lipinski definition) is 5. The van der Waals surface area contributed by atoms with Crippen molar-refractivity contribution in [2.45, 2.75) is 57.6 Å². The van der Waals surface area contributed by atoms with Gasteiger partial charge in [0, 0.05) is 15.8 Å². The highest BCUT2D eigenvalue weighted by atomic mass is 127. The number of halogens is 1. The predicted octanol–water partition coefficient (Wildman–Crippen LogP) is 3.61. The summed E-state index contributed by atoms with van der Waals surface area (Å²) in [6.45, 7) is 3.84. The number of primary amides is 1.